The maximum atomic E-state index is 13.2. The smallest absolute Gasteiger partial charge is 0.274 e. The summed E-state index contributed by atoms with van der Waals surface area (Å²) in [6, 6.07) is 3.64. The van der Waals surface area contributed by atoms with Crippen LogP contribution in [0.2, 0.25) is 0 Å². The summed E-state index contributed by atoms with van der Waals surface area (Å²) in [4.78, 5) is 34.0. The molecular formula is C26H36N4O3S2. The number of amides is 2. The van der Waals surface area contributed by atoms with Crippen molar-refractivity contribution < 1.29 is 14.7 Å². The number of rotatable bonds is 4. The highest BCUT2D eigenvalue weighted by atomic mass is 32.2. The fourth-order valence-electron chi connectivity index (χ4n) is 6.71. The number of hydrogen-bond donors (Lipinski definition) is 2. The van der Waals surface area contributed by atoms with Crippen LogP contribution in [0.1, 0.15) is 60.6 Å². The molecule has 2 fully saturated rings. The number of hydrogen-bond acceptors (Lipinski definition) is 6. The van der Waals surface area contributed by atoms with E-state index in [2.05, 4.69) is 19.2 Å². The molecule has 3 aliphatic rings. The van der Waals surface area contributed by atoms with E-state index >= 15 is 0 Å². The van der Waals surface area contributed by atoms with Crippen LogP contribution in [0.5, 0.6) is 0 Å². The summed E-state index contributed by atoms with van der Waals surface area (Å²) in [7, 11) is 1.85. The number of carbonyl (C=O) groups is 2. The van der Waals surface area contributed by atoms with E-state index in [-0.39, 0.29) is 40.9 Å². The van der Waals surface area contributed by atoms with Gasteiger partial charge in [-0.3, -0.25) is 14.9 Å². The Morgan fingerprint density at radius 2 is 2.06 bits per heavy atom. The molecule has 1 unspecified atom stereocenters. The highest BCUT2D eigenvalue weighted by Crippen LogP contribution is 2.57. The first kappa shape index (κ1) is 24.8. The van der Waals surface area contributed by atoms with Crippen LogP contribution in [-0.2, 0) is 18.3 Å². The molecular weight excluding hydrogens is 480 g/mol. The number of aryl methyl sites for hydroxylation is 1. The summed E-state index contributed by atoms with van der Waals surface area (Å²) in [5, 5.41) is 15.3. The van der Waals surface area contributed by atoms with Crippen LogP contribution in [-0.4, -0.2) is 62.1 Å². The minimum absolute atomic E-state index is 0.0331. The van der Waals surface area contributed by atoms with Crippen LogP contribution < -0.4 is 5.32 Å². The van der Waals surface area contributed by atoms with Crippen molar-refractivity contribution >= 4 is 40.0 Å². The average Bonchev–Trinajstić information content (AvgIpc) is 3.44. The topological polar surface area (TPSA) is 87.5 Å². The number of thiazole rings is 1. The molecule has 1 saturated heterocycles. The van der Waals surface area contributed by atoms with Crippen molar-refractivity contribution in [1.29, 1.82) is 0 Å². The quantitative estimate of drug-likeness (QED) is 0.642. The van der Waals surface area contributed by atoms with E-state index in [9.17, 15) is 14.7 Å². The van der Waals surface area contributed by atoms with Crippen LogP contribution in [0.25, 0.3) is 0 Å². The molecule has 0 bridgehead atoms. The Morgan fingerprint density at radius 3 is 2.74 bits per heavy atom. The summed E-state index contributed by atoms with van der Waals surface area (Å²) in [6.07, 6.45) is 4.01. The lowest BCUT2D eigenvalue weighted by Gasteiger charge is -2.53. The van der Waals surface area contributed by atoms with Gasteiger partial charge in [0.25, 0.3) is 5.91 Å². The highest BCUT2D eigenvalue weighted by Gasteiger charge is 2.54. The van der Waals surface area contributed by atoms with Gasteiger partial charge in [0.2, 0.25) is 5.91 Å². The number of nitrogens with zero attached hydrogens (tertiary/aromatic N) is 3. The Hall–Kier alpha value is -1.84. The van der Waals surface area contributed by atoms with Crippen LogP contribution in [0, 0.1) is 23.2 Å². The molecule has 190 valence electrons. The molecule has 2 N–H and O–H groups in total. The number of thioether (sulfide) groups is 1. The normalized spacial score (nSPS) is 31.4. The van der Waals surface area contributed by atoms with Crippen LogP contribution in [0.15, 0.2) is 18.3 Å². The molecule has 2 aliphatic carbocycles. The van der Waals surface area contributed by atoms with Crippen LogP contribution >= 0.6 is 23.1 Å². The third-order valence-electron chi connectivity index (χ3n) is 8.67. The predicted octanol–water partition coefficient (Wildman–Crippen LogP) is 4.00. The van der Waals surface area contributed by atoms with Crippen molar-refractivity contribution in [3.05, 3.63) is 34.6 Å². The summed E-state index contributed by atoms with van der Waals surface area (Å²) in [5.41, 5.74) is 1.54. The third kappa shape index (κ3) is 4.44. The van der Waals surface area contributed by atoms with Crippen molar-refractivity contribution in [2.24, 2.45) is 30.2 Å². The number of aliphatic hydroxyl groups excluding tert-OH is 1. The monoisotopic (exact) mass is 516 g/mol. The van der Waals surface area contributed by atoms with Crippen molar-refractivity contribution in [2.75, 3.05) is 29.9 Å². The van der Waals surface area contributed by atoms with Crippen molar-refractivity contribution in [1.82, 2.24) is 14.5 Å². The van der Waals surface area contributed by atoms with Gasteiger partial charge in [-0.15, -0.1) is 11.3 Å². The minimum Gasteiger partial charge on any atom is -0.392 e. The number of aromatic nitrogens is 2. The molecule has 9 heteroatoms. The Bertz CT molecular complexity index is 1110. The standard InChI is InChI=1S/C26H36N4O3S2/c1-15(24(33)30-10-12-34-13-11-30)17-7-8-26(3)14-19-21(16(2)20(26)22(17)31)27-25(35-19)28-23(32)18-6-5-9-29(18)4/h5-6,9,15-17,20,22,31H,7-8,10-14H2,1-4H3,(H,27,28,32)/t15-,16-,17?,20+,22-,26-/m0/s1. The first-order chi connectivity index (χ1) is 16.7. The van der Waals surface area contributed by atoms with Crippen molar-refractivity contribution in [3.63, 3.8) is 0 Å². The van der Waals surface area contributed by atoms with Gasteiger partial charge in [-0.25, -0.2) is 4.98 Å². The summed E-state index contributed by atoms with van der Waals surface area (Å²) >= 11 is 3.46. The maximum absolute atomic E-state index is 13.2. The third-order valence-corrected chi connectivity index (χ3v) is 10.6. The lowest BCUT2D eigenvalue weighted by molar-refractivity contribution is -0.144. The molecule has 3 heterocycles. The Balaban J connectivity index is 1.34. The zero-order valence-electron chi connectivity index (χ0n) is 21.0. The lowest BCUT2D eigenvalue weighted by atomic mass is 9.53. The highest BCUT2D eigenvalue weighted by molar-refractivity contribution is 7.99. The summed E-state index contributed by atoms with van der Waals surface area (Å²) in [6.45, 7) is 8.08. The fourth-order valence-corrected chi connectivity index (χ4v) is 8.88. The number of fused-ring (bicyclic) bond motifs is 2. The Labute approximate surface area is 215 Å². The zero-order valence-corrected chi connectivity index (χ0v) is 22.6. The van der Waals surface area contributed by atoms with Crippen LogP contribution in [0.3, 0.4) is 0 Å². The van der Waals surface area contributed by atoms with Gasteiger partial charge >= 0.3 is 0 Å². The second kappa shape index (κ2) is 9.56. The molecule has 1 aliphatic heterocycles. The predicted molar refractivity (Wildman–Crippen MR) is 141 cm³/mol. The average molecular weight is 517 g/mol. The molecule has 6 atom stereocenters. The first-order valence-electron chi connectivity index (χ1n) is 12.7. The van der Waals surface area contributed by atoms with Gasteiger partial charge in [-0.1, -0.05) is 20.8 Å². The van der Waals surface area contributed by atoms with Gasteiger partial charge in [0.05, 0.1) is 11.8 Å². The van der Waals surface area contributed by atoms with Crippen molar-refractivity contribution in [2.45, 2.75) is 52.1 Å². The van der Waals surface area contributed by atoms with E-state index in [4.69, 9.17) is 4.98 Å². The minimum atomic E-state index is -0.543. The van der Waals surface area contributed by atoms with E-state index in [1.54, 1.807) is 22.0 Å². The van der Waals surface area contributed by atoms with Gasteiger partial charge in [-0.2, -0.15) is 11.8 Å². The summed E-state index contributed by atoms with van der Waals surface area (Å²) in [5.74, 6) is 1.92. The number of nitrogens with one attached hydrogen (secondary N) is 1. The molecule has 0 aromatic carbocycles. The molecule has 0 radical (unpaired) electrons. The molecule has 5 rings (SSSR count). The van der Waals surface area contributed by atoms with Gasteiger partial charge in [-0.05, 0) is 48.6 Å². The molecule has 35 heavy (non-hydrogen) atoms. The SMILES string of the molecule is C[C@H](C(=O)N1CCSCC1)C1CC[C@@]2(C)Cc3sc(NC(=O)c4cccn4C)nc3[C@@H](C)[C@@H]2[C@H]1O. The molecule has 1 saturated carbocycles. The van der Waals surface area contributed by atoms with E-state index in [1.807, 2.05) is 42.9 Å². The second-order valence-corrected chi connectivity index (χ2v) is 13.2. The maximum Gasteiger partial charge on any atom is 0.274 e. The van der Waals surface area contributed by atoms with Crippen molar-refractivity contribution in [3.8, 4) is 0 Å². The number of aliphatic hydroxyl groups is 1. The molecule has 0 spiro atoms. The molecule has 2 aromatic rings. The van der Waals surface area contributed by atoms with E-state index in [0.29, 0.717) is 10.8 Å². The molecule has 7 nitrogen and oxygen atoms in total. The molecule has 2 amide bonds. The first-order valence-corrected chi connectivity index (χ1v) is 14.6. The second-order valence-electron chi connectivity index (χ2n) is 10.9. The largest absolute Gasteiger partial charge is 0.392 e. The zero-order chi connectivity index (χ0) is 24.9. The van der Waals surface area contributed by atoms with Gasteiger partial charge in [0.15, 0.2) is 5.13 Å². The van der Waals surface area contributed by atoms with Gasteiger partial charge < -0.3 is 14.6 Å². The Morgan fingerprint density at radius 1 is 1.31 bits per heavy atom. The summed E-state index contributed by atoms with van der Waals surface area (Å²) < 4.78 is 1.79. The fraction of sp³-hybridized carbons (Fsp3) is 0.654. The van der Waals surface area contributed by atoms with E-state index in [1.165, 1.54) is 4.88 Å². The van der Waals surface area contributed by atoms with Crippen LogP contribution in [0.4, 0.5) is 5.13 Å². The number of carbonyl (C=O) groups excluding carboxylic acids is 2. The number of anilines is 1. The van der Waals surface area contributed by atoms with Gasteiger partial charge in [0, 0.05) is 54.6 Å². The Kier molecular flexibility index (Phi) is 6.78. The van der Waals surface area contributed by atoms with E-state index < -0.39 is 6.10 Å². The lowest BCUT2D eigenvalue weighted by Crippen LogP contribution is -2.54. The molecule has 2 aromatic heterocycles. The van der Waals surface area contributed by atoms with E-state index in [0.717, 1.165) is 49.6 Å². The van der Waals surface area contributed by atoms with Gasteiger partial charge in [0.1, 0.15) is 5.69 Å².